The van der Waals surface area contributed by atoms with Gasteiger partial charge in [-0.05, 0) is 24.3 Å². The van der Waals surface area contributed by atoms with Crippen molar-refractivity contribution in [3.63, 3.8) is 0 Å². The van der Waals surface area contributed by atoms with E-state index in [9.17, 15) is 5.11 Å². The number of hydrogen-bond donors (Lipinski definition) is 1. The number of hydrogen-bond acceptors (Lipinski definition) is 9. The first-order valence-electron chi connectivity index (χ1n) is 13.4. The fourth-order valence-electron chi connectivity index (χ4n) is 4.97. The van der Waals surface area contributed by atoms with Crippen LogP contribution in [0.4, 0.5) is 0 Å². The molecule has 0 aliphatic carbocycles. The van der Waals surface area contributed by atoms with E-state index in [-0.39, 0.29) is 6.61 Å². The van der Waals surface area contributed by atoms with Crippen molar-refractivity contribution in [1.29, 1.82) is 0 Å². The predicted octanol–water partition coefficient (Wildman–Crippen LogP) is 5.18. The van der Waals surface area contributed by atoms with Crippen molar-refractivity contribution in [3.05, 3.63) is 84.6 Å². The van der Waals surface area contributed by atoms with Crippen molar-refractivity contribution in [3.8, 4) is 33.3 Å². The normalized spacial score (nSPS) is 15.3. The largest absolute Gasteiger partial charge is 0.496 e. The second kappa shape index (κ2) is 12.2. The smallest absolute Gasteiger partial charge is 0.151 e. The van der Waals surface area contributed by atoms with Gasteiger partial charge in [0.05, 0.1) is 23.9 Å². The van der Waals surface area contributed by atoms with Gasteiger partial charge >= 0.3 is 0 Å². The van der Waals surface area contributed by atoms with Gasteiger partial charge in [-0.15, -0.1) is 11.3 Å². The van der Waals surface area contributed by atoms with Gasteiger partial charge < -0.3 is 19.1 Å². The van der Waals surface area contributed by atoms with Crippen LogP contribution in [0, 0.1) is 0 Å². The molecule has 8 nitrogen and oxygen atoms in total. The summed E-state index contributed by atoms with van der Waals surface area (Å²) in [5.41, 5.74) is 3.72. The molecule has 5 aromatic rings. The van der Waals surface area contributed by atoms with Crippen molar-refractivity contribution < 1.29 is 19.1 Å². The highest BCUT2D eigenvalue weighted by Crippen LogP contribution is 2.32. The Hall–Kier alpha value is -3.76. The van der Waals surface area contributed by atoms with Crippen molar-refractivity contribution in [2.24, 2.45) is 0 Å². The lowest BCUT2D eigenvalue weighted by Crippen LogP contribution is -2.48. The zero-order chi connectivity index (χ0) is 27.3. The van der Waals surface area contributed by atoms with Gasteiger partial charge in [-0.1, -0.05) is 47.6 Å². The quantitative estimate of drug-likeness (QED) is 0.252. The molecule has 3 heterocycles. The van der Waals surface area contributed by atoms with Gasteiger partial charge in [0, 0.05) is 56.0 Å². The van der Waals surface area contributed by atoms with Gasteiger partial charge in [-0.25, -0.2) is 4.98 Å². The van der Waals surface area contributed by atoms with E-state index in [1.807, 2.05) is 66.7 Å². The number of aliphatic hydroxyl groups is 1. The van der Waals surface area contributed by atoms with Gasteiger partial charge in [-0.3, -0.25) is 9.80 Å². The monoisotopic (exact) mass is 556 g/mol. The first-order valence-corrected chi connectivity index (χ1v) is 14.3. The molecule has 0 radical (unpaired) electrons. The van der Waals surface area contributed by atoms with Crippen LogP contribution in [-0.4, -0.2) is 77.6 Å². The van der Waals surface area contributed by atoms with Crippen LogP contribution in [0.5, 0.6) is 11.5 Å². The Morgan fingerprint density at radius 2 is 1.73 bits per heavy atom. The molecule has 6 rings (SSSR count). The third kappa shape index (κ3) is 6.18. The number of thiazole rings is 1. The second-order valence-corrected chi connectivity index (χ2v) is 11.0. The lowest BCUT2D eigenvalue weighted by Gasteiger charge is -2.35. The molecule has 206 valence electrons. The highest BCUT2D eigenvalue weighted by molar-refractivity contribution is 7.21. The maximum atomic E-state index is 10.7. The Morgan fingerprint density at radius 1 is 0.950 bits per heavy atom. The minimum absolute atomic E-state index is 0.241. The summed E-state index contributed by atoms with van der Waals surface area (Å²) in [5, 5.41) is 15.9. The first kappa shape index (κ1) is 26.5. The van der Waals surface area contributed by atoms with Gasteiger partial charge in [0.15, 0.2) is 5.76 Å². The van der Waals surface area contributed by atoms with E-state index in [1.165, 1.54) is 0 Å². The number of aliphatic hydroxyl groups excluding tert-OH is 1. The number of methoxy groups -OCH3 is 1. The Morgan fingerprint density at radius 3 is 2.55 bits per heavy atom. The zero-order valence-electron chi connectivity index (χ0n) is 22.4. The fraction of sp³-hybridized carbons (Fsp3) is 0.290. The van der Waals surface area contributed by atoms with Crippen LogP contribution in [-0.2, 0) is 6.54 Å². The van der Waals surface area contributed by atoms with Crippen LogP contribution >= 0.6 is 11.3 Å². The molecular weight excluding hydrogens is 524 g/mol. The van der Waals surface area contributed by atoms with Crippen LogP contribution < -0.4 is 9.47 Å². The number of fused-ring (bicyclic) bond motifs is 1. The summed E-state index contributed by atoms with van der Waals surface area (Å²) in [6, 6.07) is 25.9. The number of ether oxygens (including phenoxy) is 2. The average molecular weight is 557 g/mol. The van der Waals surface area contributed by atoms with Gasteiger partial charge in [0.2, 0.25) is 0 Å². The maximum absolute atomic E-state index is 10.7. The van der Waals surface area contributed by atoms with Gasteiger partial charge in [-0.2, -0.15) is 0 Å². The molecule has 2 aromatic heterocycles. The van der Waals surface area contributed by atoms with E-state index >= 15 is 0 Å². The second-order valence-electron chi connectivity index (χ2n) is 9.93. The van der Waals surface area contributed by atoms with Crippen molar-refractivity contribution in [2.75, 3.05) is 46.4 Å². The summed E-state index contributed by atoms with van der Waals surface area (Å²) in [7, 11) is 1.66. The van der Waals surface area contributed by atoms with Gasteiger partial charge in [0.25, 0.3) is 0 Å². The number of piperazine rings is 1. The van der Waals surface area contributed by atoms with E-state index in [0.717, 1.165) is 75.5 Å². The molecule has 9 heteroatoms. The average Bonchev–Trinajstić information content (AvgIpc) is 3.64. The predicted molar refractivity (Wildman–Crippen MR) is 157 cm³/mol. The van der Waals surface area contributed by atoms with Crippen LogP contribution in [0.25, 0.3) is 32.0 Å². The van der Waals surface area contributed by atoms with E-state index in [4.69, 9.17) is 19.0 Å². The molecule has 1 atom stereocenters. The van der Waals surface area contributed by atoms with Crippen molar-refractivity contribution >= 4 is 21.6 Å². The Kier molecular flexibility index (Phi) is 8.06. The van der Waals surface area contributed by atoms with Crippen LogP contribution in [0.2, 0.25) is 0 Å². The summed E-state index contributed by atoms with van der Waals surface area (Å²) in [6.45, 7) is 5.05. The van der Waals surface area contributed by atoms with Crippen LogP contribution in [0.3, 0.4) is 0 Å². The van der Waals surface area contributed by atoms with Gasteiger partial charge in [0.1, 0.15) is 34.9 Å². The fourth-order valence-corrected chi connectivity index (χ4v) is 5.92. The first-order chi connectivity index (χ1) is 19.6. The Labute approximate surface area is 237 Å². The molecular formula is C31H32N4O4S. The topological polar surface area (TPSA) is 84.1 Å². The lowest BCUT2D eigenvalue weighted by molar-refractivity contribution is 0.0430. The summed E-state index contributed by atoms with van der Waals surface area (Å²) in [4.78, 5) is 9.40. The molecule has 0 bridgehead atoms. The molecule has 1 aliphatic rings. The molecule has 1 unspecified atom stereocenters. The van der Waals surface area contributed by atoms with E-state index in [0.29, 0.717) is 13.1 Å². The summed E-state index contributed by atoms with van der Waals surface area (Å²) in [6.07, 6.45) is -0.574. The number of para-hydroxylation sites is 1. The molecule has 3 aromatic carbocycles. The number of rotatable bonds is 10. The summed E-state index contributed by atoms with van der Waals surface area (Å²) >= 11 is 1.67. The molecule has 1 aliphatic heterocycles. The molecule has 0 spiro atoms. The van der Waals surface area contributed by atoms with E-state index < -0.39 is 6.10 Å². The molecule has 1 fully saturated rings. The molecule has 1 saturated heterocycles. The minimum atomic E-state index is -0.574. The van der Waals surface area contributed by atoms with Crippen LogP contribution in [0.15, 0.2) is 83.4 Å². The Balaban J connectivity index is 0.962. The number of benzene rings is 3. The lowest BCUT2D eigenvalue weighted by atomic mass is 10.1. The van der Waals surface area contributed by atoms with Crippen molar-refractivity contribution in [2.45, 2.75) is 12.6 Å². The summed E-state index contributed by atoms with van der Waals surface area (Å²) < 4.78 is 18.1. The molecule has 1 N–H and O–H groups in total. The maximum Gasteiger partial charge on any atom is 0.151 e. The highest BCUT2D eigenvalue weighted by atomic mass is 32.1. The molecule has 0 saturated carbocycles. The zero-order valence-corrected chi connectivity index (χ0v) is 23.2. The third-order valence-corrected chi connectivity index (χ3v) is 8.16. The van der Waals surface area contributed by atoms with E-state index in [1.54, 1.807) is 18.4 Å². The number of nitrogens with zero attached hydrogens (tertiary/aromatic N) is 4. The molecule has 0 amide bonds. The van der Waals surface area contributed by atoms with Crippen LogP contribution in [0.1, 0.15) is 5.76 Å². The minimum Gasteiger partial charge on any atom is -0.496 e. The third-order valence-electron chi connectivity index (χ3n) is 7.08. The Bertz CT molecular complexity index is 1550. The number of aromatic nitrogens is 2. The SMILES string of the molecule is COc1ccccc1-c1cc(CN2CCN(CC(O)COc3ccc4sc(-c5ccccc5)nc4c3)CC2)on1. The van der Waals surface area contributed by atoms with Crippen molar-refractivity contribution in [1.82, 2.24) is 19.9 Å². The highest BCUT2D eigenvalue weighted by Gasteiger charge is 2.21. The standard InChI is InChI=1S/C31H32N4O4S/c1-37-29-10-6-5-9-26(29)27-18-25(39-33-27)20-35-15-13-34(14-16-35)19-23(36)21-38-24-11-12-30-28(17-24)32-31(40-30)22-7-3-2-4-8-22/h2-12,17-18,23,36H,13-16,19-21H2,1H3. The number of β-amino-alcohol motifs (C(OH)–C–C–N with tert-alkyl or cyclic N) is 1. The molecule has 40 heavy (non-hydrogen) atoms. The summed E-state index contributed by atoms with van der Waals surface area (Å²) in [5.74, 6) is 2.33. The van der Waals surface area contributed by atoms with E-state index in [2.05, 4.69) is 27.1 Å².